The van der Waals surface area contributed by atoms with Crippen molar-refractivity contribution in [3.8, 4) is 0 Å². The SMILES string of the molecule is CCOC(=O)C1CN(I)CCC1=O. The van der Waals surface area contributed by atoms with E-state index in [1.807, 2.05) is 3.11 Å². The third kappa shape index (κ3) is 2.91. The third-order valence-electron chi connectivity index (χ3n) is 1.94. The minimum absolute atomic E-state index is 0.00589. The molecule has 0 aromatic carbocycles. The molecule has 4 nitrogen and oxygen atoms in total. The summed E-state index contributed by atoms with van der Waals surface area (Å²) in [6.45, 7) is 3.30. The molecule has 74 valence electrons. The van der Waals surface area contributed by atoms with Crippen LogP contribution in [0.1, 0.15) is 13.3 Å². The van der Waals surface area contributed by atoms with Gasteiger partial charge in [0.1, 0.15) is 11.7 Å². The average Bonchev–Trinajstić information content (AvgIpc) is 2.09. The van der Waals surface area contributed by atoms with Gasteiger partial charge in [-0.2, -0.15) is 0 Å². The number of rotatable bonds is 2. The van der Waals surface area contributed by atoms with E-state index >= 15 is 0 Å². The number of carbonyl (C=O) groups excluding carboxylic acids is 2. The summed E-state index contributed by atoms with van der Waals surface area (Å²) in [5, 5.41) is 0. The van der Waals surface area contributed by atoms with Crippen LogP contribution in [-0.4, -0.2) is 34.6 Å². The minimum Gasteiger partial charge on any atom is -0.465 e. The van der Waals surface area contributed by atoms with Crippen molar-refractivity contribution < 1.29 is 14.3 Å². The fourth-order valence-corrected chi connectivity index (χ4v) is 1.88. The van der Waals surface area contributed by atoms with Crippen molar-refractivity contribution in [1.82, 2.24) is 3.11 Å². The molecule has 1 unspecified atom stereocenters. The Labute approximate surface area is 91.1 Å². The predicted octanol–water partition coefficient (Wildman–Crippen LogP) is 0.790. The minimum atomic E-state index is -0.564. The van der Waals surface area contributed by atoms with Crippen molar-refractivity contribution >= 4 is 34.6 Å². The molecule has 1 saturated heterocycles. The van der Waals surface area contributed by atoms with Crippen LogP contribution in [0.3, 0.4) is 0 Å². The van der Waals surface area contributed by atoms with Gasteiger partial charge in [0, 0.05) is 42.4 Å². The highest BCUT2D eigenvalue weighted by Gasteiger charge is 2.32. The van der Waals surface area contributed by atoms with Crippen molar-refractivity contribution in [1.29, 1.82) is 0 Å². The smallest absolute Gasteiger partial charge is 0.317 e. The molecule has 0 aromatic rings. The highest BCUT2D eigenvalue weighted by atomic mass is 127. The summed E-state index contributed by atoms with van der Waals surface area (Å²) in [5.74, 6) is -0.939. The Morgan fingerprint density at radius 2 is 2.46 bits per heavy atom. The van der Waals surface area contributed by atoms with Crippen molar-refractivity contribution in [3.63, 3.8) is 0 Å². The van der Waals surface area contributed by atoms with E-state index in [-0.39, 0.29) is 11.8 Å². The van der Waals surface area contributed by atoms with Crippen LogP contribution in [0.4, 0.5) is 0 Å². The number of carbonyl (C=O) groups is 2. The number of Topliss-reactive ketones (excluding diaryl/α,β-unsaturated/α-hetero) is 1. The van der Waals surface area contributed by atoms with E-state index in [0.717, 1.165) is 6.54 Å². The second-order valence-corrected chi connectivity index (χ2v) is 4.25. The van der Waals surface area contributed by atoms with Gasteiger partial charge in [0.15, 0.2) is 0 Å². The Kier molecular flexibility index (Phi) is 4.11. The van der Waals surface area contributed by atoms with Crippen LogP contribution in [0.25, 0.3) is 0 Å². The number of esters is 1. The number of piperidine rings is 1. The third-order valence-corrected chi connectivity index (χ3v) is 2.82. The molecule has 0 aliphatic carbocycles. The van der Waals surface area contributed by atoms with Crippen molar-refractivity contribution in [2.24, 2.45) is 5.92 Å². The van der Waals surface area contributed by atoms with Crippen molar-refractivity contribution in [2.45, 2.75) is 13.3 Å². The Morgan fingerprint density at radius 1 is 1.77 bits per heavy atom. The second-order valence-electron chi connectivity index (χ2n) is 2.89. The Hall–Kier alpha value is -0.170. The first-order valence-electron chi connectivity index (χ1n) is 4.25. The summed E-state index contributed by atoms with van der Waals surface area (Å²) >= 11 is 2.12. The topological polar surface area (TPSA) is 46.6 Å². The quantitative estimate of drug-likeness (QED) is 0.327. The molecule has 13 heavy (non-hydrogen) atoms. The molecular formula is C8H12INO3. The fraction of sp³-hybridized carbons (Fsp3) is 0.750. The van der Waals surface area contributed by atoms with Crippen LogP contribution in [0, 0.1) is 5.92 Å². The van der Waals surface area contributed by atoms with E-state index in [0.29, 0.717) is 19.6 Å². The lowest BCUT2D eigenvalue weighted by molar-refractivity contribution is -0.152. The molecule has 1 aliphatic heterocycles. The molecule has 0 bridgehead atoms. The van der Waals surface area contributed by atoms with Gasteiger partial charge >= 0.3 is 5.97 Å². The molecule has 0 amide bonds. The lowest BCUT2D eigenvalue weighted by atomic mass is 9.98. The molecule has 1 heterocycles. The largest absolute Gasteiger partial charge is 0.465 e. The summed E-state index contributed by atoms with van der Waals surface area (Å²) in [5.41, 5.74) is 0. The Balaban J connectivity index is 2.55. The molecule has 1 fully saturated rings. The van der Waals surface area contributed by atoms with Gasteiger partial charge in [-0.05, 0) is 6.92 Å². The first-order chi connectivity index (χ1) is 6.15. The molecule has 1 aliphatic rings. The van der Waals surface area contributed by atoms with Gasteiger partial charge in [-0.15, -0.1) is 0 Å². The van der Waals surface area contributed by atoms with E-state index < -0.39 is 5.92 Å². The average molecular weight is 297 g/mol. The first-order valence-corrected chi connectivity index (χ1v) is 5.21. The van der Waals surface area contributed by atoms with E-state index in [1.165, 1.54) is 0 Å². The Bertz CT molecular complexity index is 219. The maximum absolute atomic E-state index is 11.3. The van der Waals surface area contributed by atoms with Crippen LogP contribution in [0.15, 0.2) is 0 Å². The zero-order valence-corrected chi connectivity index (χ0v) is 9.61. The lowest BCUT2D eigenvalue weighted by Crippen LogP contribution is -2.40. The van der Waals surface area contributed by atoms with E-state index in [9.17, 15) is 9.59 Å². The first kappa shape index (κ1) is 10.9. The van der Waals surface area contributed by atoms with Gasteiger partial charge in [-0.1, -0.05) is 0 Å². The standard InChI is InChI=1S/C8H12INO3/c1-2-13-8(12)6-5-10(9)4-3-7(6)11/h6H,2-5H2,1H3. The number of halogens is 1. The van der Waals surface area contributed by atoms with Crippen molar-refractivity contribution in [3.05, 3.63) is 0 Å². The summed E-state index contributed by atoms with van der Waals surface area (Å²) in [6.07, 6.45) is 0.451. The summed E-state index contributed by atoms with van der Waals surface area (Å²) in [4.78, 5) is 22.6. The zero-order valence-electron chi connectivity index (χ0n) is 7.46. The molecule has 1 atom stereocenters. The van der Waals surface area contributed by atoms with Crippen LogP contribution in [0.2, 0.25) is 0 Å². The van der Waals surface area contributed by atoms with Gasteiger partial charge in [0.2, 0.25) is 0 Å². The number of ether oxygens (including phenoxy) is 1. The summed E-state index contributed by atoms with van der Waals surface area (Å²) in [6, 6.07) is 0. The van der Waals surface area contributed by atoms with Crippen LogP contribution in [0.5, 0.6) is 0 Å². The fourth-order valence-electron chi connectivity index (χ4n) is 1.25. The Morgan fingerprint density at radius 3 is 3.08 bits per heavy atom. The van der Waals surface area contributed by atoms with E-state index in [1.54, 1.807) is 6.92 Å². The van der Waals surface area contributed by atoms with Gasteiger partial charge in [-0.25, -0.2) is 3.11 Å². The van der Waals surface area contributed by atoms with Crippen molar-refractivity contribution in [2.75, 3.05) is 19.7 Å². The number of hydrogen-bond acceptors (Lipinski definition) is 4. The number of ketones is 1. The van der Waals surface area contributed by atoms with Crippen LogP contribution in [-0.2, 0) is 14.3 Å². The molecule has 1 rings (SSSR count). The maximum atomic E-state index is 11.3. The second kappa shape index (κ2) is 4.90. The lowest BCUT2D eigenvalue weighted by Gasteiger charge is -2.25. The highest BCUT2D eigenvalue weighted by molar-refractivity contribution is 14.1. The van der Waals surface area contributed by atoms with Gasteiger partial charge in [0.25, 0.3) is 0 Å². The molecule has 5 heteroatoms. The maximum Gasteiger partial charge on any atom is 0.317 e. The zero-order chi connectivity index (χ0) is 9.84. The van der Waals surface area contributed by atoms with Crippen LogP contribution >= 0.6 is 22.9 Å². The van der Waals surface area contributed by atoms with Crippen LogP contribution < -0.4 is 0 Å². The number of hydrogen-bond donors (Lipinski definition) is 0. The molecular weight excluding hydrogens is 285 g/mol. The normalized spacial score (nSPS) is 24.5. The molecule has 0 spiro atoms. The van der Waals surface area contributed by atoms with Gasteiger partial charge in [-0.3, -0.25) is 9.59 Å². The molecule has 0 radical (unpaired) electrons. The molecule has 0 N–H and O–H groups in total. The van der Waals surface area contributed by atoms with Gasteiger partial charge in [0.05, 0.1) is 6.61 Å². The monoisotopic (exact) mass is 297 g/mol. The highest BCUT2D eigenvalue weighted by Crippen LogP contribution is 2.17. The van der Waals surface area contributed by atoms with E-state index in [4.69, 9.17) is 4.74 Å². The van der Waals surface area contributed by atoms with E-state index in [2.05, 4.69) is 22.9 Å². The summed E-state index contributed by atoms with van der Waals surface area (Å²) in [7, 11) is 0. The predicted molar refractivity (Wildman–Crippen MR) is 55.3 cm³/mol. The van der Waals surface area contributed by atoms with Gasteiger partial charge < -0.3 is 4.74 Å². The number of nitrogens with zero attached hydrogens (tertiary/aromatic N) is 1. The molecule has 0 saturated carbocycles. The summed E-state index contributed by atoms with van der Waals surface area (Å²) < 4.78 is 6.76. The molecule has 0 aromatic heterocycles.